The Balaban J connectivity index is 2.33. The molecule has 2 N–H and O–H groups in total. The van der Waals surface area contributed by atoms with Gasteiger partial charge in [-0.2, -0.15) is 0 Å². The highest BCUT2D eigenvalue weighted by Gasteiger charge is 2.05. The zero-order valence-corrected chi connectivity index (χ0v) is 9.58. The first-order valence-corrected chi connectivity index (χ1v) is 5.53. The summed E-state index contributed by atoms with van der Waals surface area (Å²) < 4.78 is 0. The zero-order valence-electron chi connectivity index (χ0n) is 8.77. The molecule has 0 fully saturated rings. The van der Waals surface area contributed by atoms with Crippen molar-refractivity contribution in [3.63, 3.8) is 0 Å². The average Bonchev–Trinajstić information content (AvgIpc) is 2.68. The van der Waals surface area contributed by atoms with Crippen molar-refractivity contribution in [3.8, 4) is 11.3 Å². The fourth-order valence-corrected chi connectivity index (χ4v) is 2.02. The summed E-state index contributed by atoms with van der Waals surface area (Å²) in [6, 6.07) is 7.77. The number of nitrogens with zero attached hydrogens (tertiary/aromatic N) is 2. The molecule has 4 heteroatoms. The van der Waals surface area contributed by atoms with Crippen molar-refractivity contribution in [2.75, 3.05) is 24.7 Å². The van der Waals surface area contributed by atoms with Gasteiger partial charge in [-0.25, -0.2) is 4.98 Å². The van der Waals surface area contributed by atoms with E-state index >= 15 is 0 Å². The van der Waals surface area contributed by atoms with Gasteiger partial charge in [-0.05, 0) is 12.1 Å². The van der Waals surface area contributed by atoms with Gasteiger partial charge in [0.2, 0.25) is 0 Å². The van der Waals surface area contributed by atoms with Crippen molar-refractivity contribution in [2.45, 2.75) is 0 Å². The third-order valence-corrected chi connectivity index (χ3v) is 3.09. The standard InChI is InChI=1S/C11H13N3S/c1-14(2)11-13-10(7-15-11)8-3-5-9(12)6-4-8/h3-7H,12H2,1-2H3. The summed E-state index contributed by atoms with van der Waals surface area (Å²) in [7, 11) is 3.98. The van der Waals surface area contributed by atoms with E-state index in [1.165, 1.54) is 0 Å². The Kier molecular flexibility index (Phi) is 2.60. The second kappa shape index (κ2) is 3.90. The maximum atomic E-state index is 5.63. The number of rotatable bonds is 2. The predicted octanol–water partition coefficient (Wildman–Crippen LogP) is 2.46. The third-order valence-electron chi connectivity index (χ3n) is 2.08. The van der Waals surface area contributed by atoms with Crippen molar-refractivity contribution in [1.29, 1.82) is 0 Å². The van der Waals surface area contributed by atoms with Gasteiger partial charge >= 0.3 is 0 Å². The molecular weight excluding hydrogens is 206 g/mol. The number of anilines is 2. The summed E-state index contributed by atoms with van der Waals surface area (Å²) in [6.45, 7) is 0. The Hall–Kier alpha value is -1.55. The zero-order chi connectivity index (χ0) is 10.8. The molecule has 78 valence electrons. The van der Waals surface area contributed by atoms with Crippen LogP contribution in [0.4, 0.5) is 10.8 Å². The lowest BCUT2D eigenvalue weighted by Gasteiger charge is -2.05. The van der Waals surface area contributed by atoms with Gasteiger partial charge in [0.1, 0.15) is 0 Å². The largest absolute Gasteiger partial charge is 0.399 e. The van der Waals surface area contributed by atoms with Gasteiger partial charge in [-0.3, -0.25) is 0 Å². The van der Waals surface area contributed by atoms with Crippen molar-refractivity contribution >= 4 is 22.2 Å². The van der Waals surface area contributed by atoms with E-state index in [4.69, 9.17) is 5.73 Å². The highest BCUT2D eigenvalue weighted by atomic mass is 32.1. The molecule has 0 saturated heterocycles. The minimum atomic E-state index is 0.779. The van der Waals surface area contributed by atoms with Crippen LogP contribution in [0.1, 0.15) is 0 Å². The normalized spacial score (nSPS) is 10.3. The molecule has 0 unspecified atom stereocenters. The van der Waals surface area contributed by atoms with Gasteiger partial charge in [0.05, 0.1) is 5.69 Å². The molecule has 1 heterocycles. The minimum Gasteiger partial charge on any atom is -0.399 e. The smallest absolute Gasteiger partial charge is 0.185 e. The average molecular weight is 219 g/mol. The number of hydrogen-bond acceptors (Lipinski definition) is 4. The number of nitrogens with two attached hydrogens (primary N) is 1. The van der Waals surface area contributed by atoms with E-state index < -0.39 is 0 Å². The second-order valence-electron chi connectivity index (χ2n) is 3.53. The molecule has 0 atom stereocenters. The second-order valence-corrected chi connectivity index (χ2v) is 4.37. The minimum absolute atomic E-state index is 0.779. The van der Waals surface area contributed by atoms with Crippen LogP contribution >= 0.6 is 11.3 Å². The van der Waals surface area contributed by atoms with Crippen molar-refractivity contribution in [1.82, 2.24) is 4.98 Å². The molecule has 0 spiro atoms. The number of nitrogen functional groups attached to an aromatic ring is 1. The van der Waals surface area contributed by atoms with Crippen LogP contribution in [0.5, 0.6) is 0 Å². The van der Waals surface area contributed by atoms with E-state index in [-0.39, 0.29) is 0 Å². The SMILES string of the molecule is CN(C)c1nc(-c2ccc(N)cc2)cs1. The van der Waals surface area contributed by atoms with Crippen molar-refractivity contribution in [2.24, 2.45) is 0 Å². The van der Waals surface area contributed by atoms with E-state index in [1.807, 2.05) is 43.3 Å². The molecule has 2 rings (SSSR count). The Morgan fingerprint density at radius 2 is 1.87 bits per heavy atom. The molecule has 0 saturated carbocycles. The fourth-order valence-electron chi connectivity index (χ4n) is 1.26. The molecule has 3 nitrogen and oxygen atoms in total. The van der Waals surface area contributed by atoms with Gasteiger partial charge in [-0.15, -0.1) is 11.3 Å². The molecule has 0 bridgehead atoms. The van der Waals surface area contributed by atoms with Gasteiger partial charge in [0.25, 0.3) is 0 Å². The highest BCUT2D eigenvalue weighted by Crippen LogP contribution is 2.26. The summed E-state index contributed by atoms with van der Waals surface area (Å²) in [5.74, 6) is 0. The molecular formula is C11H13N3S. The molecule has 0 aliphatic carbocycles. The van der Waals surface area contributed by atoms with Gasteiger partial charge in [0.15, 0.2) is 5.13 Å². The Bertz CT molecular complexity index is 445. The van der Waals surface area contributed by atoms with Crippen LogP contribution in [0.2, 0.25) is 0 Å². The molecule has 0 aliphatic heterocycles. The predicted molar refractivity (Wildman–Crippen MR) is 66.3 cm³/mol. The summed E-state index contributed by atoms with van der Waals surface area (Å²) in [6.07, 6.45) is 0. The molecule has 1 aromatic carbocycles. The van der Waals surface area contributed by atoms with E-state index in [9.17, 15) is 0 Å². The van der Waals surface area contributed by atoms with Gasteiger partial charge < -0.3 is 10.6 Å². The van der Waals surface area contributed by atoms with Crippen LogP contribution in [-0.2, 0) is 0 Å². The quantitative estimate of drug-likeness (QED) is 0.789. The number of thiazole rings is 1. The molecule has 1 aromatic heterocycles. The van der Waals surface area contributed by atoms with E-state index in [1.54, 1.807) is 11.3 Å². The number of hydrogen-bond donors (Lipinski definition) is 1. The van der Waals surface area contributed by atoms with Crippen LogP contribution in [0.25, 0.3) is 11.3 Å². The topological polar surface area (TPSA) is 42.2 Å². The van der Waals surface area contributed by atoms with Crippen LogP contribution in [0.15, 0.2) is 29.6 Å². The summed E-state index contributed by atoms with van der Waals surface area (Å²) >= 11 is 1.64. The Labute approximate surface area is 93.2 Å². The lowest BCUT2D eigenvalue weighted by Crippen LogP contribution is -2.07. The molecule has 0 aliphatic rings. The number of benzene rings is 1. The lowest BCUT2D eigenvalue weighted by atomic mass is 10.1. The first kappa shape index (κ1) is 9.98. The molecule has 0 radical (unpaired) electrons. The first-order valence-electron chi connectivity index (χ1n) is 4.65. The molecule has 2 aromatic rings. The van der Waals surface area contributed by atoms with Crippen molar-refractivity contribution < 1.29 is 0 Å². The summed E-state index contributed by atoms with van der Waals surface area (Å²) in [5.41, 5.74) is 8.52. The van der Waals surface area contributed by atoms with Gasteiger partial charge in [-0.1, -0.05) is 12.1 Å². The van der Waals surface area contributed by atoms with E-state index in [2.05, 4.69) is 10.4 Å². The monoisotopic (exact) mass is 219 g/mol. The molecule has 0 amide bonds. The van der Waals surface area contributed by atoms with Gasteiger partial charge in [0, 0.05) is 30.7 Å². The highest BCUT2D eigenvalue weighted by molar-refractivity contribution is 7.14. The van der Waals surface area contributed by atoms with Crippen molar-refractivity contribution in [3.05, 3.63) is 29.6 Å². The Morgan fingerprint density at radius 3 is 2.40 bits per heavy atom. The summed E-state index contributed by atoms with van der Waals surface area (Å²) in [5, 5.41) is 3.07. The van der Waals surface area contributed by atoms with Crippen LogP contribution < -0.4 is 10.6 Å². The van der Waals surface area contributed by atoms with E-state index in [0.29, 0.717) is 0 Å². The maximum absolute atomic E-state index is 5.63. The van der Waals surface area contributed by atoms with Crippen LogP contribution in [0, 0.1) is 0 Å². The Morgan fingerprint density at radius 1 is 1.20 bits per heavy atom. The van der Waals surface area contributed by atoms with E-state index in [0.717, 1.165) is 22.1 Å². The van der Waals surface area contributed by atoms with Crippen LogP contribution in [0.3, 0.4) is 0 Å². The summed E-state index contributed by atoms with van der Waals surface area (Å²) in [4.78, 5) is 6.52. The maximum Gasteiger partial charge on any atom is 0.185 e. The van der Waals surface area contributed by atoms with Crippen LogP contribution in [-0.4, -0.2) is 19.1 Å². The third kappa shape index (κ3) is 2.10. The first-order chi connectivity index (χ1) is 7.16. The molecule has 15 heavy (non-hydrogen) atoms. The fraction of sp³-hybridized carbons (Fsp3) is 0.182. The lowest BCUT2D eigenvalue weighted by molar-refractivity contribution is 1.11. The number of aromatic nitrogens is 1.